The summed E-state index contributed by atoms with van der Waals surface area (Å²) < 4.78 is 22.8. The fraction of sp³-hybridized carbons (Fsp3) is 0.407. The van der Waals surface area contributed by atoms with Gasteiger partial charge in [0.05, 0.1) is 25.2 Å². The van der Waals surface area contributed by atoms with Crippen LogP contribution in [0.3, 0.4) is 0 Å². The molecule has 1 fully saturated rings. The lowest BCUT2D eigenvalue weighted by molar-refractivity contribution is -0.242. The number of aromatic hydroxyl groups is 2. The number of carbonyl (C=O) groups excluding carboxylic acids is 1. The minimum absolute atomic E-state index is 0.000433. The van der Waals surface area contributed by atoms with E-state index in [2.05, 4.69) is 0 Å². The van der Waals surface area contributed by atoms with E-state index in [1.54, 1.807) is 13.8 Å². The number of aliphatic hydroxyl groups is 3. The van der Waals surface area contributed by atoms with Crippen LogP contribution >= 0.6 is 0 Å². The molecular formula is C27H30O11. The van der Waals surface area contributed by atoms with Gasteiger partial charge in [0.1, 0.15) is 52.8 Å². The van der Waals surface area contributed by atoms with Crippen LogP contribution in [0.2, 0.25) is 0 Å². The van der Waals surface area contributed by atoms with Crippen molar-refractivity contribution >= 4 is 16.9 Å². The van der Waals surface area contributed by atoms with E-state index >= 15 is 0 Å². The fourth-order valence-electron chi connectivity index (χ4n) is 4.40. The van der Waals surface area contributed by atoms with Gasteiger partial charge in [0.25, 0.3) is 0 Å². The summed E-state index contributed by atoms with van der Waals surface area (Å²) in [5.41, 5.74) is -0.356. The minimum atomic E-state index is -1.68. The van der Waals surface area contributed by atoms with Crippen LogP contribution in [0.4, 0.5) is 0 Å². The molecular weight excluding hydrogens is 500 g/mol. The highest BCUT2D eigenvalue weighted by molar-refractivity contribution is 5.89. The van der Waals surface area contributed by atoms with Crippen molar-refractivity contribution in [2.24, 2.45) is 5.92 Å². The summed E-state index contributed by atoms with van der Waals surface area (Å²) in [7, 11) is 1.29. The van der Waals surface area contributed by atoms with Crippen LogP contribution in [0, 0.1) is 5.92 Å². The lowest BCUT2D eigenvalue weighted by Gasteiger charge is -2.42. The first-order valence-corrected chi connectivity index (χ1v) is 12.1. The lowest BCUT2D eigenvalue weighted by Crippen LogP contribution is -2.57. The molecule has 4 rings (SSSR count). The predicted octanol–water partition coefficient (Wildman–Crippen LogP) is 1.99. The van der Waals surface area contributed by atoms with E-state index in [9.17, 15) is 35.1 Å². The molecule has 204 valence electrons. The Hall–Kier alpha value is -3.64. The molecule has 1 aliphatic rings. The number of esters is 1. The third-order valence-corrected chi connectivity index (χ3v) is 6.77. The number of carbonyl (C=O) groups is 1. The average molecular weight is 531 g/mol. The van der Waals surface area contributed by atoms with E-state index in [-0.39, 0.29) is 33.8 Å². The van der Waals surface area contributed by atoms with Gasteiger partial charge in [-0.1, -0.05) is 13.8 Å². The average Bonchev–Trinajstić information content (AvgIpc) is 2.90. The summed E-state index contributed by atoms with van der Waals surface area (Å²) in [6, 6.07) is 8.17. The molecule has 1 aromatic heterocycles. The molecule has 2 aromatic carbocycles. The number of aliphatic hydroxyl groups excluding tert-OH is 3. The molecule has 38 heavy (non-hydrogen) atoms. The maximum Gasteiger partial charge on any atom is 0.309 e. The van der Waals surface area contributed by atoms with Crippen molar-refractivity contribution in [2.45, 2.75) is 50.8 Å². The van der Waals surface area contributed by atoms with Gasteiger partial charge in [0.2, 0.25) is 0 Å². The Bertz CT molecular complexity index is 1360. The molecule has 0 aliphatic carbocycles. The minimum Gasteiger partial charge on any atom is -0.508 e. The molecule has 11 nitrogen and oxygen atoms in total. The van der Waals surface area contributed by atoms with Gasteiger partial charge in [-0.3, -0.25) is 9.59 Å². The van der Waals surface area contributed by atoms with Crippen molar-refractivity contribution in [1.82, 2.24) is 0 Å². The number of hydrogen-bond acceptors (Lipinski definition) is 11. The molecule has 6 atom stereocenters. The first kappa shape index (κ1) is 27.4. The van der Waals surface area contributed by atoms with E-state index in [0.717, 1.165) is 6.07 Å². The molecule has 0 amide bonds. The van der Waals surface area contributed by atoms with Crippen molar-refractivity contribution in [1.29, 1.82) is 0 Å². The summed E-state index contributed by atoms with van der Waals surface area (Å²) in [6.07, 6.45) is -6.96. The summed E-state index contributed by atoms with van der Waals surface area (Å²) in [5.74, 6) is -1.56. The van der Waals surface area contributed by atoms with Crippen LogP contribution in [-0.2, 0) is 14.3 Å². The summed E-state index contributed by atoms with van der Waals surface area (Å²) >= 11 is 0. The van der Waals surface area contributed by atoms with E-state index in [1.807, 2.05) is 0 Å². The zero-order valence-corrected chi connectivity index (χ0v) is 21.0. The standard InChI is InChI=1S/C27H30O11/c1-4-12(2)27(34)38-26-22(32)19(11-28)37-25(23(26)33)21-18(35-3)10-16(31)20-15(30)9-17(36-24(20)21)13-5-7-14(29)8-6-13/h5-10,12,19,22-23,25-26,28-29,31-33H,4,11H2,1-3H3. The number of rotatable bonds is 7. The first-order chi connectivity index (χ1) is 18.1. The molecule has 0 radical (unpaired) electrons. The number of phenols is 2. The zero-order chi connectivity index (χ0) is 27.7. The molecule has 0 bridgehead atoms. The van der Waals surface area contributed by atoms with Crippen molar-refractivity contribution < 1.29 is 49.0 Å². The number of methoxy groups -OCH3 is 1. The second kappa shape index (κ2) is 11.0. The van der Waals surface area contributed by atoms with E-state index < -0.39 is 60.2 Å². The Labute approximate surface area is 217 Å². The van der Waals surface area contributed by atoms with Crippen LogP contribution in [0.5, 0.6) is 17.2 Å². The lowest BCUT2D eigenvalue weighted by atomic mass is 9.89. The highest BCUT2D eigenvalue weighted by Gasteiger charge is 2.49. The van der Waals surface area contributed by atoms with Crippen LogP contribution in [0.25, 0.3) is 22.3 Å². The number of benzene rings is 2. The number of fused-ring (bicyclic) bond motifs is 1. The SMILES string of the molecule is CCC(C)C(=O)OC1C(O)C(CO)OC(c2c(OC)cc(O)c3c(=O)cc(-c4ccc(O)cc4)oc23)C1O. The molecule has 2 heterocycles. The van der Waals surface area contributed by atoms with E-state index in [4.69, 9.17) is 18.6 Å². The largest absolute Gasteiger partial charge is 0.508 e. The van der Waals surface area contributed by atoms with Gasteiger partial charge < -0.3 is 44.2 Å². The molecule has 3 aromatic rings. The van der Waals surface area contributed by atoms with Crippen LogP contribution < -0.4 is 10.2 Å². The van der Waals surface area contributed by atoms with Crippen molar-refractivity contribution in [2.75, 3.05) is 13.7 Å². The van der Waals surface area contributed by atoms with Gasteiger partial charge in [-0.15, -0.1) is 0 Å². The number of ether oxygens (including phenoxy) is 3. The molecule has 1 aliphatic heterocycles. The van der Waals surface area contributed by atoms with Crippen molar-refractivity contribution in [3.63, 3.8) is 0 Å². The Morgan fingerprint density at radius 3 is 2.39 bits per heavy atom. The maximum atomic E-state index is 13.1. The molecule has 0 spiro atoms. The molecule has 5 N–H and O–H groups in total. The second-order valence-electron chi connectivity index (χ2n) is 9.21. The third-order valence-electron chi connectivity index (χ3n) is 6.77. The summed E-state index contributed by atoms with van der Waals surface area (Å²) in [4.78, 5) is 25.6. The maximum absolute atomic E-state index is 13.1. The topological polar surface area (TPSA) is 176 Å². The van der Waals surface area contributed by atoms with Crippen molar-refractivity contribution in [3.8, 4) is 28.6 Å². The van der Waals surface area contributed by atoms with Crippen LogP contribution in [0.15, 0.2) is 45.6 Å². The molecule has 0 saturated carbocycles. The first-order valence-electron chi connectivity index (χ1n) is 12.1. The molecule has 6 unspecified atom stereocenters. The number of phenolic OH excluding ortho intramolecular Hbond substituents is 2. The van der Waals surface area contributed by atoms with Gasteiger partial charge in [0, 0.05) is 17.7 Å². The highest BCUT2D eigenvalue weighted by Crippen LogP contribution is 2.44. The predicted molar refractivity (Wildman–Crippen MR) is 134 cm³/mol. The van der Waals surface area contributed by atoms with Gasteiger partial charge in [-0.25, -0.2) is 0 Å². The summed E-state index contributed by atoms with van der Waals surface area (Å²) in [5, 5.41) is 51.9. The smallest absolute Gasteiger partial charge is 0.309 e. The second-order valence-corrected chi connectivity index (χ2v) is 9.21. The van der Waals surface area contributed by atoms with E-state index in [1.165, 1.54) is 37.4 Å². The molecule has 1 saturated heterocycles. The van der Waals surface area contributed by atoms with Gasteiger partial charge >= 0.3 is 5.97 Å². The van der Waals surface area contributed by atoms with Gasteiger partial charge in [-0.05, 0) is 30.7 Å². The van der Waals surface area contributed by atoms with Crippen LogP contribution in [-0.4, -0.2) is 69.6 Å². The van der Waals surface area contributed by atoms with Crippen molar-refractivity contribution in [3.05, 3.63) is 52.2 Å². The quantitative estimate of drug-likeness (QED) is 0.282. The Kier molecular flexibility index (Phi) is 7.93. The van der Waals surface area contributed by atoms with Crippen LogP contribution in [0.1, 0.15) is 31.9 Å². The fourth-order valence-corrected chi connectivity index (χ4v) is 4.40. The zero-order valence-electron chi connectivity index (χ0n) is 21.0. The monoisotopic (exact) mass is 530 g/mol. The Balaban J connectivity index is 1.92. The molecule has 11 heteroatoms. The Morgan fingerprint density at radius 2 is 1.79 bits per heavy atom. The van der Waals surface area contributed by atoms with E-state index in [0.29, 0.717) is 12.0 Å². The highest BCUT2D eigenvalue weighted by atomic mass is 16.6. The normalized spacial score (nSPS) is 24.2. The Morgan fingerprint density at radius 1 is 1.11 bits per heavy atom. The summed E-state index contributed by atoms with van der Waals surface area (Å²) in [6.45, 7) is 2.74. The number of hydrogen-bond donors (Lipinski definition) is 5. The van der Waals surface area contributed by atoms with Gasteiger partial charge in [-0.2, -0.15) is 0 Å². The third kappa shape index (κ3) is 4.93. The van der Waals surface area contributed by atoms with Gasteiger partial charge in [0.15, 0.2) is 17.1 Å².